The molecule has 0 bridgehead atoms. The minimum Gasteiger partial charge on any atom is -0.385 e. The van der Waals surface area contributed by atoms with E-state index in [1.807, 2.05) is 0 Å². The van der Waals surface area contributed by atoms with E-state index in [1.54, 1.807) is 0 Å². The third-order valence-corrected chi connectivity index (χ3v) is 3.58. The highest BCUT2D eigenvalue weighted by Crippen LogP contribution is 2.47. The summed E-state index contributed by atoms with van der Waals surface area (Å²) < 4.78 is 1.12. The number of aryl methyl sites for hydroxylation is 2. The van der Waals surface area contributed by atoms with Gasteiger partial charge in [0.25, 0.3) is 0 Å². The standard InChI is InChI=1S/C11H13BrO/c1-7-6-10(12)8(2)5-9(7)11(13)3-4-11/h5-6,13H,3-4H2,1-2H3. The van der Waals surface area contributed by atoms with Gasteiger partial charge in [0.05, 0.1) is 5.60 Å². The Morgan fingerprint density at radius 3 is 2.38 bits per heavy atom. The van der Waals surface area contributed by atoms with Crippen molar-refractivity contribution in [2.24, 2.45) is 0 Å². The van der Waals surface area contributed by atoms with E-state index in [1.165, 1.54) is 11.1 Å². The normalized spacial score (nSPS) is 18.8. The average Bonchev–Trinajstić information content (AvgIpc) is 2.77. The van der Waals surface area contributed by atoms with Crippen molar-refractivity contribution in [2.45, 2.75) is 32.3 Å². The van der Waals surface area contributed by atoms with Gasteiger partial charge in [-0.05, 0) is 49.4 Å². The van der Waals surface area contributed by atoms with Crippen molar-refractivity contribution in [3.63, 3.8) is 0 Å². The number of hydrogen-bond donors (Lipinski definition) is 1. The van der Waals surface area contributed by atoms with Crippen LogP contribution in [0.1, 0.15) is 29.5 Å². The third kappa shape index (κ3) is 1.53. The van der Waals surface area contributed by atoms with Gasteiger partial charge in [-0.1, -0.05) is 22.0 Å². The first-order valence-electron chi connectivity index (χ1n) is 4.52. The Labute approximate surface area is 86.9 Å². The summed E-state index contributed by atoms with van der Waals surface area (Å²) in [7, 11) is 0. The van der Waals surface area contributed by atoms with Gasteiger partial charge in [0.15, 0.2) is 0 Å². The van der Waals surface area contributed by atoms with Crippen LogP contribution in [0.3, 0.4) is 0 Å². The fourth-order valence-corrected chi connectivity index (χ4v) is 2.13. The van der Waals surface area contributed by atoms with E-state index in [4.69, 9.17) is 0 Å². The summed E-state index contributed by atoms with van der Waals surface area (Å²) in [6.45, 7) is 4.11. The second-order valence-corrected chi connectivity index (χ2v) is 4.80. The molecular weight excluding hydrogens is 228 g/mol. The van der Waals surface area contributed by atoms with E-state index in [-0.39, 0.29) is 0 Å². The second kappa shape index (κ2) is 2.82. The zero-order valence-electron chi connectivity index (χ0n) is 7.89. The Morgan fingerprint density at radius 2 is 1.85 bits per heavy atom. The van der Waals surface area contributed by atoms with Crippen LogP contribution < -0.4 is 0 Å². The van der Waals surface area contributed by atoms with Crippen LogP contribution in [-0.4, -0.2) is 5.11 Å². The smallest absolute Gasteiger partial charge is 0.0901 e. The second-order valence-electron chi connectivity index (χ2n) is 3.95. The van der Waals surface area contributed by atoms with Crippen molar-refractivity contribution < 1.29 is 5.11 Å². The molecule has 1 aromatic carbocycles. The molecule has 2 rings (SSSR count). The van der Waals surface area contributed by atoms with E-state index in [2.05, 4.69) is 41.9 Å². The van der Waals surface area contributed by atoms with Crippen molar-refractivity contribution in [3.8, 4) is 0 Å². The molecule has 1 aliphatic rings. The van der Waals surface area contributed by atoms with Crippen molar-refractivity contribution in [3.05, 3.63) is 33.3 Å². The van der Waals surface area contributed by atoms with Crippen LogP contribution in [0.2, 0.25) is 0 Å². The first-order valence-corrected chi connectivity index (χ1v) is 5.32. The van der Waals surface area contributed by atoms with E-state index in [0.29, 0.717) is 0 Å². The number of rotatable bonds is 1. The van der Waals surface area contributed by atoms with E-state index >= 15 is 0 Å². The Balaban J connectivity index is 2.52. The fourth-order valence-electron chi connectivity index (χ4n) is 1.67. The monoisotopic (exact) mass is 240 g/mol. The molecular formula is C11H13BrO. The number of hydrogen-bond acceptors (Lipinski definition) is 1. The molecule has 0 heterocycles. The highest BCUT2D eigenvalue weighted by atomic mass is 79.9. The summed E-state index contributed by atoms with van der Waals surface area (Å²) >= 11 is 3.49. The lowest BCUT2D eigenvalue weighted by atomic mass is 9.99. The maximum absolute atomic E-state index is 9.98. The third-order valence-electron chi connectivity index (χ3n) is 2.73. The maximum atomic E-state index is 9.98. The lowest BCUT2D eigenvalue weighted by molar-refractivity contribution is 0.150. The van der Waals surface area contributed by atoms with Crippen molar-refractivity contribution in [2.75, 3.05) is 0 Å². The van der Waals surface area contributed by atoms with Gasteiger partial charge in [0.2, 0.25) is 0 Å². The molecule has 0 atom stereocenters. The zero-order valence-corrected chi connectivity index (χ0v) is 9.48. The highest BCUT2D eigenvalue weighted by molar-refractivity contribution is 9.10. The molecule has 1 aliphatic carbocycles. The van der Waals surface area contributed by atoms with Crippen LogP contribution in [0, 0.1) is 13.8 Å². The topological polar surface area (TPSA) is 20.2 Å². The highest BCUT2D eigenvalue weighted by Gasteiger charge is 2.43. The Morgan fingerprint density at radius 1 is 1.23 bits per heavy atom. The molecule has 2 heteroatoms. The van der Waals surface area contributed by atoms with Gasteiger partial charge in [0, 0.05) is 4.47 Å². The van der Waals surface area contributed by atoms with Gasteiger partial charge in [-0.25, -0.2) is 0 Å². The molecule has 0 unspecified atom stereocenters. The predicted molar refractivity (Wildman–Crippen MR) is 56.7 cm³/mol. The summed E-state index contributed by atoms with van der Waals surface area (Å²) in [5.41, 5.74) is 2.97. The summed E-state index contributed by atoms with van der Waals surface area (Å²) in [5.74, 6) is 0. The molecule has 1 aromatic rings. The first-order chi connectivity index (χ1) is 6.03. The van der Waals surface area contributed by atoms with Gasteiger partial charge in [-0.15, -0.1) is 0 Å². The minimum atomic E-state index is -0.504. The predicted octanol–water partition coefficient (Wildman–Crippen LogP) is 3.05. The van der Waals surface area contributed by atoms with Gasteiger partial charge in [0.1, 0.15) is 0 Å². The first kappa shape index (κ1) is 9.22. The molecule has 1 fully saturated rings. The van der Waals surface area contributed by atoms with Crippen molar-refractivity contribution >= 4 is 15.9 Å². The summed E-state index contributed by atoms with van der Waals surface area (Å²) in [6.07, 6.45) is 1.82. The molecule has 1 saturated carbocycles. The van der Waals surface area contributed by atoms with Gasteiger partial charge in [-0.3, -0.25) is 0 Å². The van der Waals surface area contributed by atoms with Crippen LogP contribution in [0.25, 0.3) is 0 Å². The fraction of sp³-hybridized carbons (Fsp3) is 0.455. The maximum Gasteiger partial charge on any atom is 0.0901 e. The molecule has 0 spiro atoms. The number of aliphatic hydroxyl groups is 1. The van der Waals surface area contributed by atoms with E-state index in [0.717, 1.165) is 22.9 Å². The van der Waals surface area contributed by atoms with Crippen molar-refractivity contribution in [1.29, 1.82) is 0 Å². The van der Waals surface area contributed by atoms with E-state index in [9.17, 15) is 5.11 Å². The molecule has 0 aliphatic heterocycles. The summed E-state index contributed by atoms with van der Waals surface area (Å²) in [5, 5.41) is 9.98. The molecule has 0 radical (unpaired) electrons. The lowest BCUT2D eigenvalue weighted by Gasteiger charge is -2.13. The van der Waals surface area contributed by atoms with Gasteiger partial charge < -0.3 is 5.11 Å². The molecule has 13 heavy (non-hydrogen) atoms. The molecule has 0 amide bonds. The van der Waals surface area contributed by atoms with Crippen molar-refractivity contribution in [1.82, 2.24) is 0 Å². The van der Waals surface area contributed by atoms with Crippen LogP contribution in [-0.2, 0) is 5.60 Å². The quantitative estimate of drug-likeness (QED) is 0.801. The average molecular weight is 241 g/mol. The largest absolute Gasteiger partial charge is 0.385 e. The Bertz CT molecular complexity index is 353. The zero-order chi connectivity index (χ0) is 9.64. The minimum absolute atomic E-state index is 0.504. The molecule has 70 valence electrons. The molecule has 0 aromatic heterocycles. The van der Waals surface area contributed by atoms with Crippen LogP contribution in [0.4, 0.5) is 0 Å². The summed E-state index contributed by atoms with van der Waals surface area (Å²) in [6, 6.07) is 4.17. The lowest BCUT2D eigenvalue weighted by Crippen LogP contribution is -2.07. The van der Waals surface area contributed by atoms with Crippen LogP contribution in [0.15, 0.2) is 16.6 Å². The van der Waals surface area contributed by atoms with E-state index < -0.39 is 5.60 Å². The summed E-state index contributed by atoms with van der Waals surface area (Å²) in [4.78, 5) is 0. The van der Waals surface area contributed by atoms with Crippen LogP contribution in [0.5, 0.6) is 0 Å². The Hall–Kier alpha value is -0.340. The van der Waals surface area contributed by atoms with Gasteiger partial charge >= 0.3 is 0 Å². The molecule has 1 nitrogen and oxygen atoms in total. The van der Waals surface area contributed by atoms with Crippen LogP contribution >= 0.6 is 15.9 Å². The number of halogens is 1. The van der Waals surface area contributed by atoms with Gasteiger partial charge in [-0.2, -0.15) is 0 Å². The Kier molecular flexibility index (Phi) is 2.00. The molecule has 1 N–H and O–H groups in total. The number of benzene rings is 1. The SMILES string of the molecule is Cc1cc(C2(O)CC2)c(C)cc1Br. The molecule has 0 saturated heterocycles.